The van der Waals surface area contributed by atoms with E-state index in [2.05, 4.69) is 20.3 Å². The quantitative estimate of drug-likeness (QED) is 0.638. The number of aryl methyl sites for hydroxylation is 1. The van der Waals surface area contributed by atoms with Gasteiger partial charge in [0.2, 0.25) is 5.82 Å². The van der Waals surface area contributed by atoms with Gasteiger partial charge in [0.15, 0.2) is 0 Å². The molecule has 0 amide bonds. The van der Waals surface area contributed by atoms with Crippen molar-refractivity contribution >= 4 is 11.5 Å². The summed E-state index contributed by atoms with van der Waals surface area (Å²) in [5.74, 6) is 0.264. The van der Waals surface area contributed by atoms with Gasteiger partial charge < -0.3 is 10.1 Å². The summed E-state index contributed by atoms with van der Waals surface area (Å²) in [6.45, 7) is 2.26. The van der Waals surface area contributed by atoms with Gasteiger partial charge in [0.25, 0.3) is 0 Å². The number of rotatable bonds is 6. The molecule has 0 unspecified atom stereocenters. The number of ether oxygens (including phenoxy) is 1. The van der Waals surface area contributed by atoms with Gasteiger partial charge in [0, 0.05) is 31.2 Å². The summed E-state index contributed by atoms with van der Waals surface area (Å²) in [6.07, 6.45) is 5.53. The van der Waals surface area contributed by atoms with Crippen LogP contribution in [0.4, 0.5) is 11.5 Å². The van der Waals surface area contributed by atoms with Crippen LogP contribution in [0, 0.1) is 17.0 Å². The third-order valence-corrected chi connectivity index (χ3v) is 2.77. The summed E-state index contributed by atoms with van der Waals surface area (Å²) in [6, 6.07) is 1.80. The largest absolute Gasteiger partial charge is 0.467 e. The van der Waals surface area contributed by atoms with Crippen molar-refractivity contribution in [3.63, 3.8) is 0 Å². The number of pyridine rings is 1. The molecule has 1 N–H and O–H groups in total. The lowest BCUT2D eigenvalue weighted by Gasteiger charge is -2.06. The van der Waals surface area contributed by atoms with Crippen LogP contribution in [0.3, 0.4) is 0 Å². The fourth-order valence-electron chi connectivity index (χ4n) is 1.73. The van der Waals surface area contributed by atoms with Crippen LogP contribution in [-0.2, 0) is 6.42 Å². The van der Waals surface area contributed by atoms with E-state index in [4.69, 9.17) is 4.74 Å². The first-order valence-corrected chi connectivity index (χ1v) is 6.30. The molecule has 0 aliphatic rings. The lowest BCUT2D eigenvalue weighted by atomic mass is 10.2. The van der Waals surface area contributed by atoms with Crippen LogP contribution in [-0.4, -0.2) is 33.5 Å². The number of hydrogen-bond acceptors (Lipinski definition) is 7. The van der Waals surface area contributed by atoms with Gasteiger partial charge in [-0.05, 0) is 24.5 Å². The number of nitrogens with one attached hydrogen (secondary N) is 1. The zero-order valence-corrected chi connectivity index (χ0v) is 11.7. The number of methoxy groups -OCH3 is 1. The smallest absolute Gasteiger partial charge is 0.316 e. The molecule has 0 spiro atoms. The highest BCUT2D eigenvalue weighted by Gasteiger charge is 2.14. The molecule has 2 aromatic heterocycles. The van der Waals surface area contributed by atoms with Crippen LogP contribution in [0.5, 0.6) is 6.01 Å². The summed E-state index contributed by atoms with van der Waals surface area (Å²) in [5, 5.41) is 13.9. The molecule has 8 heteroatoms. The molecule has 2 heterocycles. The van der Waals surface area contributed by atoms with Crippen molar-refractivity contribution < 1.29 is 9.66 Å². The first-order chi connectivity index (χ1) is 10.1. The molecular formula is C13H15N5O3. The number of hydrogen-bond donors (Lipinski definition) is 1. The van der Waals surface area contributed by atoms with Gasteiger partial charge >= 0.3 is 11.7 Å². The van der Waals surface area contributed by atoms with Gasteiger partial charge in [-0.1, -0.05) is 0 Å². The molecular weight excluding hydrogens is 274 g/mol. The van der Waals surface area contributed by atoms with Crippen LogP contribution in [0.25, 0.3) is 0 Å². The number of nitro groups is 1. The molecule has 2 aromatic rings. The maximum Gasteiger partial charge on any atom is 0.316 e. The normalized spacial score (nSPS) is 10.2. The average molecular weight is 289 g/mol. The number of aromatic nitrogens is 3. The molecule has 0 aliphatic heterocycles. The molecule has 0 saturated heterocycles. The van der Waals surface area contributed by atoms with Gasteiger partial charge in [-0.3, -0.25) is 10.1 Å². The highest BCUT2D eigenvalue weighted by Crippen LogP contribution is 2.22. The standard InChI is InChI=1S/C13H15N5O3/c1-9-5-11(18(19)20)12(15-6-9)14-4-3-10-7-16-13(21-2)17-8-10/h5-8H,3-4H2,1-2H3,(H,14,15). The molecule has 21 heavy (non-hydrogen) atoms. The van der Waals surface area contributed by atoms with Crippen molar-refractivity contribution in [2.24, 2.45) is 0 Å². The summed E-state index contributed by atoms with van der Waals surface area (Å²) in [4.78, 5) is 22.6. The Hall–Kier alpha value is -2.77. The maximum atomic E-state index is 11.0. The monoisotopic (exact) mass is 289 g/mol. The molecule has 0 radical (unpaired) electrons. The van der Waals surface area contributed by atoms with E-state index in [-0.39, 0.29) is 11.5 Å². The first-order valence-electron chi connectivity index (χ1n) is 6.30. The van der Waals surface area contributed by atoms with Crippen molar-refractivity contribution in [1.29, 1.82) is 0 Å². The number of nitrogens with zero attached hydrogens (tertiary/aromatic N) is 4. The van der Waals surface area contributed by atoms with Crippen molar-refractivity contribution in [2.75, 3.05) is 19.0 Å². The Bertz CT molecular complexity index is 630. The molecule has 0 aromatic carbocycles. The summed E-state index contributed by atoms with van der Waals surface area (Å²) in [5.41, 5.74) is 1.62. The van der Waals surface area contributed by atoms with E-state index in [9.17, 15) is 10.1 Å². The van der Waals surface area contributed by atoms with E-state index in [0.717, 1.165) is 11.1 Å². The highest BCUT2D eigenvalue weighted by molar-refractivity contribution is 5.56. The Balaban J connectivity index is 1.98. The predicted molar refractivity (Wildman–Crippen MR) is 76.4 cm³/mol. The third-order valence-electron chi connectivity index (χ3n) is 2.77. The Labute approximate surface area is 121 Å². The van der Waals surface area contributed by atoms with Gasteiger partial charge in [-0.25, -0.2) is 15.0 Å². The van der Waals surface area contributed by atoms with E-state index in [1.54, 1.807) is 25.5 Å². The van der Waals surface area contributed by atoms with E-state index in [1.807, 2.05) is 0 Å². The zero-order chi connectivity index (χ0) is 15.2. The molecule has 0 bridgehead atoms. The Morgan fingerprint density at radius 1 is 1.29 bits per heavy atom. The minimum Gasteiger partial charge on any atom is -0.467 e. The van der Waals surface area contributed by atoms with Crippen LogP contribution in [0.15, 0.2) is 24.7 Å². The summed E-state index contributed by atoms with van der Waals surface area (Å²) >= 11 is 0. The first kappa shape index (κ1) is 14.6. The van der Waals surface area contributed by atoms with E-state index in [1.165, 1.54) is 13.2 Å². The van der Waals surface area contributed by atoms with E-state index in [0.29, 0.717) is 19.0 Å². The van der Waals surface area contributed by atoms with Crippen LogP contribution >= 0.6 is 0 Å². The molecule has 0 atom stereocenters. The van der Waals surface area contributed by atoms with Crippen LogP contribution in [0.1, 0.15) is 11.1 Å². The summed E-state index contributed by atoms with van der Waals surface area (Å²) in [7, 11) is 1.50. The average Bonchev–Trinajstić information content (AvgIpc) is 2.49. The molecule has 0 saturated carbocycles. The molecule has 0 aliphatic carbocycles. The topological polar surface area (TPSA) is 103 Å². The zero-order valence-electron chi connectivity index (χ0n) is 11.7. The highest BCUT2D eigenvalue weighted by atomic mass is 16.6. The van der Waals surface area contributed by atoms with Crippen LogP contribution in [0.2, 0.25) is 0 Å². The lowest BCUT2D eigenvalue weighted by Crippen LogP contribution is -2.09. The Kier molecular flexibility index (Phi) is 4.60. The SMILES string of the molecule is COc1ncc(CCNc2ncc(C)cc2[N+](=O)[O-])cn1. The predicted octanol–water partition coefficient (Wildman–Crippen LogP) is 1.75. The van der Waals surface area contributed by atoms with Crippen molar-refractivity contribution in [2.45, 2.75) is 13.3 Å². The minimum absolute atomic E-state index is 0.0269. The molecule has 110 valence electrons. The molecule has 2 rings (SSSR count). The second kappa shape index (κ2) is 6.60. The Morgan fingerprint density at radius 3 is 2.62 bits per heavy atom. The van der Waals surface area contributed by atoms with E-state index < -0.39 is 4.92 Å². The molecule has 0 fully saturated rings. The maximum absolute atomic E-state index is 11.0. The Morgan fingerprint density at radius 2 is 2.00 bits per heavy atom. The fraction of sp³-hybridized carbons (Fsp3) is 0.308. The third kappa shape index (κ3) is 3.85. The fourth-order valence-corrected chi connectivity index (χ4v) is 1.73. The molecule has 8 nitrogen and oxygen atoms in total. The van der Waals surface area contributed by atoms with Gasteiger partial charge in [0.1, 0.15) is 0 Å². The minimum atomic E-state index is -0.446. The van der Waals surface area contributed by atoms with Crippen LogP contribution < -0.4 is 10.1 Å². The van der Waals surface area contributed by atoms with Crippen molar-refractivity contribution in [1.82, 2.24) is 15.0 Å². The van der Waals surface area contributed by atoms with Crippen molar-refractivity contribution in [3.05, 3.63) is 45.9 Å². The second-order valence-electron chi connectivity index (χ2n) is 4.39. The summed E-state index contributed by atoms with van der Waals surface area (Å²) < 4.78 is 4.87. The van der Waals surface area contributed by atoms with Gasteiger partial charge in [0.05, 0.1) is 12.0 Å². The van der Waals surface area contributed by atoms with Crippen molar-refractivity contribution in [3.8, 4) is 6.01 Å². The lowest BCUT2D eigenvalue weighted by molar-refractivity contribution is -0.384. The van der Waals surface area contributed by atoms with Gasteiger partial charge in [-0.15, -0.1) is 0 Å². The van der Waals surface area contributed by atoms with Gasteiger partial charge in [-0.2, -0.15) is 0 Å². The van der Waals surface area contributed by atoms with E-state index >= 15 is 0 Å². The number of anilines is 1. The second-order valence-corrected chi connectivity index (χ2v) is 4.39.